The summed E-state index contributed by atoms with van der Waals surface area (Å²) in [6.45, 7) is 4.09. The zero-order chi connectivity index (χ0) is 32.5. The molecule has 0 aliphatic carbocycles. The summed E-state index contributed by atoms with van der Waals surface area (Å²) in [7, 11) is 0. The van der Waals surface area contributed by atoms with Crippen molar-refractivity contribution < 1.29 is 0 Å². The molecule has 0 atom stereocenters. The molecule has 8 rings (SSSR count). The van der Waals surface area contributed by atoms with Crippen LogP contribution in [0.3, 0.4) is 0 Å². The first-order chi connectivity index (χ1) is 23.6. The molecule has 0 saturated carbocycles. The van der Waals surface area contributed by atoms with Crippen LogP contribution in [0.2, 0.25) is 0 Å². The van der Waals surface area contributed by atoms with E-state index in [1.54, 1.807) is 0 Å². The summed E-state index contributed by atoms with van der Waals surface area (Å²) in [5.41, 5.74) is 11.6. The molecule has 4 nitrogen and oxygen atoms in total. The van der Waals surface area contributed by atoms with E-state index in [0.29, 0.717) is 17.5 Å². The van der Waals surface area contributed by atoms with E-state index in [4.69, 9.17) is 15.0 Å². The monoisotopic (exact) mass is 616 g/mol. The van der Waals surface area contributed by atoms with Crippen LogP contribution in [0.5, 0.6) is 0 Å². The van der Waals surface area contributed by atoms with E-state index in [9.17, 15) is 0 Å². The maximum atomic E-state index is 5.07. The molecule has 2 heterocycles. The Bertz CT molecular complexity index is 2340. The van der Waals surface area contributed by atoms with E-state index >= 15 is 0 Å². The number of hydrogen-bond donors (Lipinski definition) is 0. The highest BCUT2D eigenvalue weighted by atomic mass is 15.0. The van der Waals surface area contributed by atoms with Crippen molar-refractivity contribution in [2.24, 2.45) is 0 Å². The molecule has 0 spiro atoms. The van der Waals surface area contributed by atoms with Gasteiger partial charge in [-0.2, -0.15) is 0 Å². The van der Waals surface area contributed by atoms with Crippen LogP contribution in [0.25, 0.3) is 78.3 Å². The molecule has 0 fully saturated rings. The lowest BCUT2D eigenvalue weighted by Crippen LogP contribution is -2.00. The molecule has 0 radical (unpaired) electrons. The van der Waals surface area contributed by atoms with Gasteiger partial charge in [0.15, 0.2) is 17.5 Å². The quantitative estimate of drug-likeness (QED) is 0.186. The van der Waals surface area contributed by atoms with Gasteiger partial charge in [-0.25, -0.2) is 15.0 Å². The van der Waals surface area contributed by atoms with Crippen molar-refractivity contribution in [1.82, 2.24) is 19.9 Å². The standard InChI is InChI=1S/C44H32N4/c1-29-22-38(23-30(2)45-29)35-18-11-19-36(25-35)39-26-40(37-21-20-31-12-9-10-17-34(31)24-37)28-41(27-39)44-47-42(32-13-5-3-6-14-32)46-43(48-44)33-15-7-4-8-16-33/h3-28H,1-2H3. The highest BCUT2D eigenvalue weighted by Crippen LogP contribution is 2.36. The third-order valence-corrected chi connectivity index (χ3v) is 8.58. The van der Waals surface area contributed by atoms with Gasteiger partial charge in [-0.05, 0) is 100 Å². The molecule has 0 amide bonds. The summed E-state index contributed by atoms with van der Waals surface area (Å²) >= 11 is 0. The zero-order valence-electron chi connectivity index (χ0n) is 26.8. The van der Waals surface area contributed by atoms with Crippen molar-refractivity contribution in [3.8, 4) is 67.5 Å². The van der Waals surface area contributed by atoms with Gasteiger partial charge in [0, 0.05) is 28.1 Å². The predicted molar refractivity (Wildman–Crippen MR) is 197 cm³/mol. The molecule has 48 heavy (non-hydrogen) atoms. The summed E-state index contributed by atoms with van der Waals surface area (Å²) < 4.78 is 0. The Morgan fingerprint density at radius 3 is 1.27 bits per heavy atom. The number of aryl methyl sites for hydroxylation is 2. The van der Waals surface area contributed by atoms with Gasteiger partial charge in [0.2, 0.25) is 0 Å². The number of hydrogen-bond acceptors (Lipinski definition) is 4. The van der Waals surface area contributed by atoms with Crippen molar-refractivity contribution >= 4 is 10.8 Å². The van der Waals surface area contributed by atoms with E-state index < -0.39 is 0 Å². The van der Waals surface area contributed by atoms with Gasteiger partial charge in [-0.15, -0.1) is 0 Å². The highest BCUT2D eigenvalue weighted by molar-refractivity contribution is 5.89. The van der Waals surface area contributed by atoms with Crippen molar-refractivity contribution in [2.45, 2.75) is 13.8 Å². The predicted octanol–water partition coefficient (Wildman–Crippen LogP) is 11.0. The minimum Gasteiger partial charge on any atom is -0.258 e. The lowest BCUT2D eigenvalue weighted by atomic mass is 9.93. The second kappa shape index (κ2) is 12.5. The van der Waals surface area contributed by atoms with E-state index in [1.807, 2.05) is 74.5 Å². The number of pyridine rings is 1. The Balaban J connectivity index is 1.34. The second-order valence-electron chi connectivity index (χ2n) is 12.1. The minimum atomic E-state index is 0.628. The van der Waals surface area contributed by atoms with Gasteiger partial charge >= 0.3 is 0 Å². The fraction of sp³-hybridized carbons (Fsp3) is 0.0455. The number of rotatable bonds is 6. The third-order valence-electron chi connectivity index (χ3n) is 8.58. The van der Waals surface area contributed by atoms with Crippen LogP contribution in [0.4, 0.5) is 0 Å². The normalized spacial score (nSPS) is 11.1. The maximum Gasteiger partial charge on any atom is 0.164 e. The molecular formula is C44H32N4. The summed E-state index contributed by atoms with van der Waals surface area (Å²) in [5, 5.41) is 2.41. The Kier molecular flexibility index (Phi) is 7.60. The van der Waals surface area contributed by atoms with Crippen molar-refractivity contribution in [1.29, 1.82) is 0 Å². The number of nitrogens with zero attached hydrogens (tertiary/aromatic N) is 4. The minimum absolute atomic E-state index is 0.628. The molecule has 0 N–H and O–H groups in total. The van der Waals surface area contributed by atoms with E-state index in [2.05, 4.69) is 102 Å². The van der Waals surface area contributed by atoms with Crippen LogP contribution in [0, 0.1) is 13.8 Å². The molecule has 0 aliphatic rings. The zero-order valence-corrected chi connectivity index (χ0v) is 26.8. The first-order valence-electron chi connectivity index (χ1n) is 16.1. The SMILES string of the molecule is Cc1cc(-c2cccc(-c3cc(-c4ccc5ccccc5c4)cc(-c4nc(-c5ccccc5)nc(-c5ccccc5)n4)c3)c2)cc(C)n1. The van der Waals surface area contributed by atoms with Crippen molar-refractivity contribution in [2.75, 3.05) is 0 Å². The Hall–Kier alpha value is -6.26. The molecule has 6 aromatic carbocycles. The largest absolute Gasteiger partial charge is 0.258 e. The second-order valence-corrected chi connectivity index (χ2v) is 12.1. The van der Waals surface area contributed by atoms with Crippen LogP contribution in [-0.2, 0) is 0 Å². The van der Waals surface area contributed by atoms with Crippen LogP contribution in [-0.4, -0.2) is 19.9 Å². The summed E-state index contributed by atoms with van der Waals surface area (Å²) in [6.07, 6.45) is 0. The Morgan fingerprint density at radius 2 is 0.688 bits per heavy atom. The van der Waals surface area contributed by atoms with Gasteiger partial charge in [-0.3, -0.25) is 4.98 Å². The molecule has 2 aromatic heterocycles. The summed E-state index contributed by atoms with van der Waals surface area (Å²) in [4.78, 5) is 19.7. The molecule has 4 heteroatoms. The molecule has 8 aromatic rings. The molecule has 0 aliphatic heterocycles. The lowest BCUT2D eigenvalue weighted by molar-refractivity contribution is 1.07. The number of benzene rings is 6. The van der Waals surface area contributed by atoms with Gasteiger partial charge in [-0.1, -0.05) is 115 Å². The van der Waals surface area contributed by atoms with Gasteiger partial charge in [0.25, 0.3) is 0 Å². The van der Waals surface area contributed by atoms with Crippen LogP contribution in [0.15, 0.2) is 158 Å². The van der Waals surface area contributed by atoms with E-state index in [0.717, 1.165) is 61.5 Å². The van der Waals surface area contributed by atoms with E-state index in [1.165, 1.54) is 10.8 Å². The van der Waals surface area contributed by atoms with Crippen molar-refractivity contribution in [3.05, 3.63) is 169 Å². The maximum absolute atomic E-state index is 5.07. The first-order valence-corrected chi connectivity index (χ1v) is 16.1. The highest BCUT2D eigenvalue weighted by Gasteiger charge is 2.15. The fourth-order valence-corrected chi connectivity index (χ4v) is 6.28. The first kappa shape index (κ1) is 29.2. The summed E-state index contributed by atoms with van der Waals surface area (Å²) in [5.74, 6) is 1.91. The fourth-order valence-electron chi connectivity index (χ4n) is 6.28. The topological polar surface area (TPSA) is 51.6 Å². The van der Waals surface area contributed by atoms with Gasteiger partial charge < -0.3 is 0 Å². The van der Waals surface area contributed by atoms with Gasteiger partial charge in [0.1, 0.15) is 0 Å². The van der Waals surface area contributed by atoms with Gasteiger partial charge in [0.05, 0.1) is 0 Å². The molecule has 0 bridgehead atoms. The Labute approximate surface area is 280 Å². The average Bonchev–Trinajstić information content (AvgIpc) is 3.14. The van der Waals surface area contributed by atoms with Crippen molar-refractivity contribution in [3.63, 3.8) is 0 Å². The van der Waals surface area contributed by atoms with Crippen LogP contribution in [0.1, 0.15) is 11.4 Å². The molecule has 0 unspecified atom stereocenters. The number of aromatic nitrogens is 4. The molecular weight excluding hydrogens is 585 g/mol. The average molecular weight is 617 g/mol. The molecule has 228 valence electrons. The smallest absolute Gasteiger partial charge is 0.164 e. The number of fused-ring (bicyclic) bond motifs is 1. The van der Waals surface area contributed by atoms with E-state index in [-0.39, 0.29) is 0 Å². The van der Waals surface area contributed by atoms with Crippen LogP contribution < -0.4 is 0 Å². The summed E-state index contributed by atoms with van der Waals surface area (Å²) in [6, 6.07) is 55.0. The molecule has 0 saturated heterocycles. The van der Waals surface area contributed by atoms with Crippen LogP contribution >= 0.6 is 0 Å². The lowest BCUT2D eigenvalue weighted by Gasteiger charge is -2.14. The Morgan fingerprint density at radius 1 is 0.271 bits per heavy atom. The third kappa shape index (κ3) is 6.00.